The molecular formula is C14H22N2O. The summed E-state index contributed by atoms with van der Waals surface area (Å²) in [7, 11) is 0. The second kappa shape index (κ2) is 7.96. The molecule has 94 valence electrons. The lowest BCUT2D eigenvalue weighted by Crippen LogP contribution is -2.11. The molecule has 0 spiro atoms. The molecule has 0 aliphatic carbocycles. The fraction of sp³-hybridized carbons (Fsp3) is 0.571. The first-order chi connectivity index (χ1) is 8.26. The molecule has 1 aromatic heterocycles. The third-order valence-corrected chi connectivity index (χ3v) is 3.09. The number of carbonyl (C=O) groups is 1. The van der Waals surface area contributed by atoms with Crippen LogP contribution in [0.3, 0.4) is 0 Å². The van der Waals surface area contributed by atoms with Crippen molar-refractivity contribution < 1.29 is 4.79 Å². The lowest BCUT2D eigenvalue weighted by atomic mass is 9.94. The van der Waals surface area contributed by atoms with Gasteiger partial charge in [0.25, 0.3) is 0 Å². The topological polar surface area (TPSA) is 56.0 Å². The summed E-state index contributed by atoms with van der Waals surface area (Å²) in [6.45, 7) is 2.87. The second-order valence-corrected chi connectivity index (χ2v) is 4.43. The fourth-order valence-corrected chi connectivity index (χ4v) is 1.95. The van der Waals surface area contributed by atoms with Gasteiger partial charge in [0.15, 0.2) is 0 Å². The van der Waals surface area contributed by atoms with E-state index in [2.05, 4.69) is 11.9 Å². The van der Waals surface area contributed by atoms with Crippen molar-refractivity contribution in [2.24, 2.45) is 11.7 Å². The van der Waals surface area contributed by atoms with Gasteiger partial charge in [-0.1, -0.05) is 19.4 Å². The van der Waals surface area contributed by atoms with Crippen LogP contribution in [0.25, 0.3) is 0 Å². The number of pyridine rings is 1. The Morgan fingerprint density at radius 3 is 2.82 bits per heavy atom. The Labute approximate surface area is 103 Å². The highest BCUT2D eigenvalue weighted by atomic mass is 16.1. The van der Waals surface area contributed by atoms with Gasteiger partial charge in [-0.2, -0.15) is 0 Å². The number of nitrogens with two attached hydrogens (primary N) is 1. The van der Waals surface area contributed by atoms with Gasteiger partial charge in [-0.05, 0) is 37.4 Å². The van der Waals surface area contributed by atoms with Crippen molar-refractivity contribution in [2.75, 3.05) is 6.54 Å². The van der Waals surface area contributed by atoms with Gasteiger partial charge in [0.1, 0.15) is 5.78 Å². The number of rotatable bonds is 8. The monoisotopic (exact) mass is 234 g/mol. The molecule has 1 unspecified atom stereocenters. The quantitative estimate of drug-likeness (QED) is 0.751. The first-order valence-electron chi connectivity index (χ1n) is 6.38. The first-order valence-corrected chi connectivity index (χ1v) is 6.38. The average Bonchev–Trinajstić information content (AvgIpc) is 2.35. The molecule has 3 nitrogen and oxygen atoms in total. The molecule has 0 saturated carbocycles. The third kappa shape index (κ3) is 5.59. The Morgan fingerprint density at radius 2 is 2.24 bits per heavy atom. The van der Waals surface area contributed by atoms with Gasteiger partial charge in [-0.3, -0.25) is 9.78 Å². The lowest BCUT2D eigenvalue weighted by molar-refractivity contribution is -0.118. The Balaban J connectivity index is 2.30. The van der Waals surface area contributed by atoms with Crippen LogP contribution >= 0.6 is 0 Å². The maximum atomic E-state index is 11.8. The molecule has 1 heterocycles. The van der Waals surface area contributed by atoms with E-state index in [0.717, 1.165) is 25.0 Å². The summed E-state index contributed by atoms with van der Waals surface area (Å²) in [5, 5.41) is 0. The van der Waals surface area contributed by atoms with Crippen molar-refractivity contribution in [1.29, 1.82) is 0 Å². The molecule has 1 aromatic rings. The lowest BCUT2D eigenvalue weighted by Gasteiger charge is -2.12. The number of hydrogen-bond acceptors (Lipinski definition) is 3. The fourth-order valence-electron chi connectivity index (χ4n) is 1.95. The van der Waals surface area contributed by atoms with E-state index in [1.807, 2.05) is 18.2 Å². The molecule has 1 rings (SSSR count). The van der Waals surface area contributed by atoms with Crippen molar-refractivity contribution >= 4 is 5.78 Å². The van der Waals surface area contributed by atoms with Crippen LogP contribution < -0.4 is 5.73 Å². The van der Waals surface area contributed by atoms with E-state index in [4.69, 9.17) is 5.73 Å². The maximum absolute atomic E-state index is 11.8. The van der Waals surface area contributed by atoms with Gasteiger partial charge < -0.3 is 5.73 Å². The zero-order valence-electron chi connectivity index (χ0n) is 10.6. The summed E-state index contributed by atoms with van der Waals surface area (Å²) in [6.07, 6.45) is 5.92. The van der Waals surface area contributed by atoms with Crippen LogP contribution in [0.15, 0.2) is 24.4 Å². The molecule has 0 aromatic carbocycles. The van der Waals surface area contributed by atoms with Gasteiger partial charge in [-0.15, -0.1) is 0 Å². The van der Waals surface area contributed by atoms with Crippen molar-refractivity contribution in [3.63, 3.8) is 0 Å². The number of hydrogen-bond donors (Lipinski definition) is 1. The highest BCUT2D eigenvalue weighted by Crippen LogP contribution is 2.15. The number of ketones is 1. The number of nitrogens with zero attached hydrogens (tertiary/aromatic N) is 1. The van der Waals surface area contributed by atoms with E-state index in [9.17, 15) is 4.79 Å². The normalized spacial score (nSPS) is 12.4. The summed E-state index contributed by atoms with van der Waals surface area (Å²) in [5.74, 6) is 0.867. The summed E-state index contributed by atoms with van der Waals surface area (Å²) in [6, 6.07) is 5.68. The highest BCUT2D eigenvalue weighted by Gasteiger charge is 2.09. The van der Waals surface area contributed by atoms with E-state index < -0.39 is 0 Å². The van der Waals surface area contributed by atoms with Gasteiger partial charge >= 0.3 is 0 Å². The van der Waals surface area contributed by atoms with Crippen LogP contribution in [0.1, 0.15) is 38.3 Å². The maximum Gasteiger partial charge on any atom is 0.138 e. The van der Waals surface area contributed by atoms with Crippen molar-refractivity contribution in [2.45, 2.75) is 39.0 Å². The zero-order chi connectivity index (χ0) is 12.5. The van der Waals surface area contributed by atoms with Crippen LogP contribution in [0.2, 0.25) is 0 Å². The SMILES string of the molecule is CCC(CCN)CCC(=O)Cc1ccccn1. The molecule has 17 heavy (non-hydrogen) atoms. The third-order valence-electron chi connectivity index (χ3n) is 3.09. The summed E-state index contributed by atoms with van der Waals surface area (Å²) in [4.78, 5) is 15.9. The Hall–Kier alpha value is -1.22. The van der Waals surface area contributed by atoms with Crippen LogP contribution in [0.4, 0.5) is 0 Å². The average molecular weight is 234 g/mol. The molecule has 0 amide bonds. The zero-order valence-corrected chi connectivity index (χ0v) is 10.6. The van der Waals surface area contributed by atoms with Crippen LogP contribution in [-0.4, -0.2) is 17.3 Å². The Morgan fingerprint density at radius 1 is 1.41 bits per heavy atom. The molecule has 3 heteroatoms. The van der Waals surface area contributed by atoms with E-state index >= 15 is 0 Å². The number of carbonyl (C=O) groups excluding carboxylic acids is 1. The van der Waals surface area contributed by atoms with E-state index in [-0.39, 0.29) is 5.78 Å². The second-order valence-electron chi connectivity index (χ2n) is 4.43. The number of aromatic nitrogens is 1. The summed E-state index contributed by atoms with van der Waals surface area (Å²) in [5.41, 5.74) is 6.41. The smallest absolute Gasteiger partial charge is 0.138 e. The van der Waals surface area contributed by atoms with E-state index in [1.54, 1.807) is 6.20 Å². The van der Waals surface area contributed by atoms with E-state index in [1.165, 1.54) is 0 Å². The molecule has 2 N–H and O–H groups in total. The predicted octanol–water partition coefficient (Wildman–Crippen LogP) is 2.35. The molecule has 0 bridgehead atoms. The van der Waals surface area contributed by atoms with Crippen LogP contribution in [0.5, 0.6) is 0 Å². The van der Waals surface area contributed by atoms with Gasteiger partial charge in [-0.25, -0.2) is 0 Å². The minimum Gasteiger partial charge on any atom is -0.330 e. The van der Waals surface area contributed by atoms with Gasteiger partial charge in [0.2, 0.25) is 0 Å². The molecule has 0 saturated heterocycles. The van der Waals surface area contributed by atoms with Crippen LogP contribution in [-0.2, 0) is 11.2 Å². The van der Waals surface area contributed by atoms with Crippen LogP contribution in [0, 0.1) is 5.92 Å². The van der Waals surface area contributed by atoms with Crippen molar-refractivity contribution in [3.05, 3.63) is 30.1 Å². The first kappa shape index (κ1) is 13.8. The van der Waals surface area contributed by atoms with E-state index in [0.29, 0.717) is 25.3 Å². The molecule has 0 radical (unpaired) electrons. The Kier molecular flexibility index (Phi) is 6.48. The predicted molar refractivity (Wildman–Crippen MR) is 69.6 cm³/mol. The molecule has 1 atom stereocenters. The summed E-state index contributed by atoms with van der Waals surface area (Å²) >= 11 is 0. The van der Waals surface area contributed by atoms with Gasteiger partial charge in [0.05, 0.1) is 0 Å². The molecule has 0 aliphatic rings. The minimum atomic E-state index is 0.277. The van der Waals surface area contributed by atoms with Crippen molar-refractivity contribution in [3.8, 4) is 0 Å². The molecular weight excluding hydrogens is 212 g/mol. The largest absolute Gasteiger partial charge is 0.330 e. The minimum absolute atomic E-state index is 0.277. The Bertz CT molecular complexity index is 324. The number of Topliss-reactive ketones (excluding diaryl/α,β-unsaturated/α-hetero) is 1. The van der Waals surface area contributed by atoms with Gasteiger partial charge in [0, 0.05) is 24.7 Å². The molecule has 0 aliphatic heterocycles. The summed E-state index contributed by atoms with van der Waals surface area (Å²) < 4.78 is 0. The molecule has 0 fully saturated rings. The van der Waals surface area contributed by atoms with Crippen molar-refractivity contribution in [1.82, 2.24) is 4.98 Å². The highest BCUT2D eigenvalue weighted by molar-refractivity contribution is 5.80. The standard InChI is InChI=1S/C14H22N2O/c1-2-12(8-9-15)6-7-14(17)11-13-5-3-4-10-16-13/h3-5,10,12H,2,6-9,11,15H2,1H3.